The van der Waals surface area contributed by atoms with Gasteiger partial charge in [-0.2, -0.15) is 0 Å². The van der Waals surface area contributed by atoms with Crippen LogP contribution in [0.2, 0.25) is 0 Å². The molecule has 0 spiro atoms. The van der Waals surface area contributed by atoms with E-state index >= 15 is 0 Å². The fraction of sp³-hybridized carbons (Fsp3) is 0.118. The molecule has 1 amide bonds. The molecule has 100 valence electrons. The molecule has 0 atom stereocenters. The number of hydrogen-bond acceptors (Lipinski definition) is 1. The molecule has 0 saturated heterocycles. The van der Waals surface area contributed by atoms with Gasteiger partial charge in [-0.1, -0.05) is 36.4 Å². The second kappa shape index (κ2) is 4.85. The van der Waals surface area contributed by atoms with Gasteiger partial charge in [0, 0.05) is 18.0 Å². The first-order valence-corrected chi connectivity index (χ1v) is 6.60. The molecule has 0 unspecified atom stereocenters. The molecule has 0 saturated carbocycles. The summed E-state index contributed by atoms with van der Waals surface area (Å²) in [6.07, 6.45) is 0. The number of H-pyrrole nitrogens is 1. The minimum atomic E-state index is -0.0578. The van der Waals surface area contributed by atoms with Crippen molar-refractivity contribution in [2.75, 3.05) is 5.32 Å². The van der Waals surface area contributed by atoms with E-state index in [9.17, 15) is 4.79 Å². The normalized spacial score (nSPS) is 10.7. The average molecular weight is 264 g/mol. The van der Waals surface area contributed by atoms with E-state index < -0.39 is 0 Å². The number of carbonyl (C=O) groups is 1. The molecule has 3 aromatic rings. The predicted octanol–water partition coefficient (Wildman–Crippen LogP) is 4.10. The highest BCUT2D eigenvalue weighted by Crippen LogP contribution is 2.31. The lowest BCUT2D eigenvalue weighted by Gasteiger charge is -2.05. The van der Waals surface area contributed by atoms with E-state index in [2.05, 4.69) is 35.4 Å². The molecule has 3 nitrogen and oxygen atoms in total. The molecule has 0 fully saturated rings. The predicted molar refractivity (Wildman–Crippen MR) is 82.8 cm³/mol. The Labute approximate surface area is 117 Å². The van der Waals surface area contributed by atoms with Gasteiger partial charge in [0.05, 0.1) is 11.2 Å². The summed E-state index contributed by atoms with van der Waals surface area (Å²) in [5.74, 6) is -0.0578. The number of amides is 1. The van der Waals surface area contributed by atoms with E-state index in [1.165, 1.54) is 6.92 Å². The minimum Gasteiger partial charge on any atom is -0.354 e. The van der Waals surface area contributed by atoms with Crippen molar-refractivity contribution in [1.82, 2.24) is 4.98 Å². The number of anilines is 1. The summed E-state index contributed by atoms with van der Waals surface area (Å²) < 4.78 is 0. The number of fused-ring (bicyclic) bond motifs is 1. The van der Waals surface area contributed by atoms with Crippen LogP contribution in [0.15, 0.2) is 48.5 Å². The van der Waals surface area contributed by atoms with Gasteiger partial charge in [-0.05, 0) is 30.2 Å². The van der Waals surface area contributed by atoms with Gasteiger partial charge in [0.25, 0.3) is 0 Å². The second-order valence-electron chi connectivity index (χ2n) is 4.95. The Balaban J connectivity index is 2.19. The van der Waals surface area contributed by atoms with E-state index in [0.29, 0.717) is 0 Å². The van der Waals surface area contributed by atoms with Gasteiger partial charge in [-0.3, -0.25) is 4.79 Å². The molecule has 3 heteroatoms. The van der Waals surface area contributed by atoms with E-state index in [1.807, 2.05) is 30.3 Å². The summed E-state index contributed by atoms with van der Waals surface area (Å²) in [5, 5.41) is 3.92. The van der Waals surface area contributed by atoms with Crippen molar-refractivity contribution in [1.29, 1.82) is 0 Å². The lowest BCUT2D eigenvalue weighted by molar-refractivity contribution is -0.114. The lowest BCUT2D eigenvalue weighted by Crippen LogP contribution is -2.05. The van der Waals surface area contributed by atoms with Gasteiger partial charge in [0.1, 0.15) is 0 Å². The van der Waals surface area contributed by atoms with Crippen LogP contribution in [0.4, 0.5) is 5.69 Å². The van der Waals surface area contributed by atoms with Crippen molar-refractivity contribution < 1.29 is 4.79 Å². The van der Waals surface area contributed by atoms with Crippen LogP contribution < -0.4 is 5.32 Å². The third-order valence-electron chi connectivity index (χ3n) is 3.40. The van der Waals surface area contributed by atoms with Crippen LogP contribution in [0.3, 0.4) is 0 Å². The van der Waals surface area contributed by atoms with E-state index in [-0.39, 0.29) is 5.91 Å². The number of rotatable bonds is 2. The van der Waals surface area contributed by atoms with Crippen molar-refractivity contribution in [3.05, 3.63) is 54.1 Å². The highest BCUT2D eigenvalue weighted by molar-refractivity contribution is 6.03. The first kappa shape index (κ1) is 12.5. The lowest BCUT2D eigenvalue weighted by atomic mass is 10.1. The molecule has 0 aliphatic heterocycles. The number of aromatic amines is 1. The summed E-state index contributed by atoms with van der Waals surface area (Å²) in [6.45, 7) is 3.58. The zero-order valence-corrected chi connectivity index (χ0v) is 11.5. The maximum Gasteiger partial charge on any atom is 0.221 e. The molecule has 20 heavy (non-hydrogen) atoms. The first-order valence-electron chi connectivity index (χ1n) is 6.60. The Kier molecular flexibility index (Phi) is 3.03. The van der Waals surface area contributed by atoms with Crippen LogP contribution in [0.1, 0.15) is 12.5 Å². The molecule has 2 aromatic carbocycles. The fourth-order valence-corrected chi connectivity index (χ4v) is 2.43. The Morgan fingerprint density at radius 1 is 1.10 bits per heavy atom. The molecule has 0 aliphatic rings. The van der Waals surface area contributed by atoms with Crippen LogP contribution >= 0.6 is 0 Å². The molecular weight excluding hydrogens is 248 g/mol. The molecule has 1 aromatic heterocycles. The Morgan fingerprint density at radius 3 is 2.55 bits per heavy atom. The van der Waals surface area contributed by atoms with Gasteiger partial charge in [-0.15, -0.1) is 0 Å². The summed E-state index contributed by atoms with van der Waals surface area (Å²) in [6, 6.07) is 16.2. The Bertz CT molecular complexity index is 772. The molecular formula is C17H16N2O. The Morgan fingerprint density at radius 2 is 1.85 bits per heavy atom. The van der Waals surface area contributed by atoms with Gasteiger partial charge in [-0.25, -0.2) is 0 Å². The summed E-state index contributed by atoms with van der Waals surface area (Å²) >= 11 is 0. The quantitative estimate of drug-likeness (QED) is 0.719. The van der Waals surface area contributed by atoms with Crippen LogP contribution in [-0.4, -0.2) is 10.9 Å². The smallest absolute Gasteiger partial charge is 0.221 e. The number of nitrogens with one attached hydrogen (secondary N) is 2. The van der Waals surface area contributed by atoms with Gasteiger partial charge >= 0.3 is 0 Å². The van der Waals surface area contributed by atoms with Crippen molar-refractivity contribution in [2.45, 2.75) is 13.8 Å². The van der Waals surface area contributed by atoms with Crippen molar-refractivity contribution in [3.8, 4) is 11.3 Å². The number of aryl methyl sites for hydroxylation is 1. The van der Waals surface area contributed by atoms with E-state index in [0.717, 1.165) is 33.4 Å². The van der Waals surface area contributed by atoms with E-state index in [1.54, 1.807) is 0 Å². The molecule has 0 aliphatic carbocycles. The molecule has 3 rings (SSSR count). The van der Waals surface area contributed by atoms with Gasteiger partial charge < -0.3 is 10.3 Å². The zero-order chi connectivity index (χ0) is 14.1. The summed E-state index contributed by atoms with van der Waals surface area (Å²) in [4.78, 5) is 14.7. The van der Waals surface area contributed by atoms with Crippen molar-refractivity contribution >= 4 is 22.5 Å². The third kappa shape index (κ3) is 2.18. The monoisotopic (exact) mass is 264 g/mol. The topological polar surface area (TPSA) is 44.9 Å². The van der Waals surface area contributed by atoms with Crippen LogP contribution in [0, 0.1) is 6.92 Å². The fourth-order valence-electron chi connectivity index (χ4n) is 2.43. The summed E-state index contributed by atoms with van der Waals surface area (Å²) in [5.41, 5.74) is 5.27. The van der Waals surface area contributed by atoms with Crippen molar-refractivity contribution in [3.63, 3.8) is 0 Å². The number of carbonyl (C=O) groups excluding carboxylic acids is 1. The third-order valence-corrected chi connectivity index (χ3v) is 3.40. The van der Waals surface area contributed by atoms with Crippen LogP contribution in [-0.2, 0) is 4.79 Å². The highest BCUT2D eigenvalue weighted by atomic mass is 16.1. The highest BCUT2D eigenvalue weighted by Gasteiger charge is 2.09. The van der Waals surface area contributed by atoms with E-state index in [4.69, 9.17) is 0 Å². The standard InChI is InChI=1S/C17H16N2O/c1-11-8-9-15(18-12(2)20)14-10-16(19-17(11)14)13-6-4-3-5-7-13/h3-10,19H,1-2H3,(H,18,20). The SMILES string of the molecule is CC(=O)Nc1ccc(C)c2[nH]c(-c3ccccc3)cc12. The summed E-state index contributed by atoms with van der Waals surface area (Å²) in [7, 11) is 0. The largest absolute Gasteiger partial charge is 0.354 e. The molecule has 2 N–H and O–H groups in total. The van der Waals surface area contributed by atoms with Crippen molar-refractivity contribution in [2.24, 2.45) is 0 Å². The maximum atomic E-state index is 11.3. The Hall–Kier alpha value is -2.55. The second-order valence-corrected chi connectivity index (χ2v) is 4.95. The number of aromatic nitrogens is 1. The average Bonchev–Trinajstić information content (AvgIpc) is 2.89. The van der Waals surface area contributed by atoms with Crippen LogP contribution in [0.25, 0.3) is 22.2 Å². The number of hydrogen-bond donors (Lipinski definition) is 2. The number of benzene rings is 2. The molecule has 1 heterocycles. The van der Waals surface area contributed by atoms with Gasteiger partial charge in [0.15, 0.2) is 0 Å². The maximum absolute atomic E-state index is 11.3. The molecule has 0 radical (unpaired) electrons. The van der Waals surface area contributed by atoms with Crippen LogP contribution in [0.5, 0.6) is 0 Å². The molecule has 0 bridgehead atoms. The minimum absolute atomic E-state index is 0.0578. The first-order chi connectivity index (χ1) is 9.65. The zero-order valence-electron chi connectivity index (χ0n) is 11.5. The van der Waals surface area contributed by atoms with Gasteiger partial charge in [0.2, 0.25) is 5.91 Å².